The molecule has 2 aromatic rings. The van der Waals surface area contributed by atoms with Gasteiger partial charge in [-0.1, -0.05) is 28.9 Å². The van der Waals surface area contributed by atoms with E-state index in [1.807, 2.05) is 18.5 Å². The van der Waals surface area contributed by atoms with E-state index in [0.29, 0.717) is 0 Å². The molecule has 4 heteroatoms. The fourth-order valence-corrected chi connectivity index (χ4v) is 2.29. The van der Waals surface area contributed by atoms with Crippen LogP contribution in [-0.2, 0) is 13.1 Å². The van der Waals surface area contributed by atoms with Gasteiger partial charge in [-0.05, 0) is 31.0 Å². The molecule has 0 amide bonds. The number of rotatable bonds is 5. The highest BCUT2D eigenvalue weighted by atomic mass is 79.9. The highest BCUT2D eigenvalue weighted by molar-refractivity contribution is 9.10. The van der Waals surface area contributed by atoms with Crippen LogP contribution in [0, 0.1) is 6.92 Å². The lowest BCUT2D eigenvalue weighted by Gasteiger charge is -2.11. The van der Waals surface area contributed by atoms with E-state index in [1.54, 1.807) is 0 Å². The number of aromatic nitrogens is 2. The van der Waals surface area contributed by atoms with Gasteiger partial charge in [-0.3, -0.25) is 0 Å². The predicted octanol–water partition coefficient (Wildman–Crippen LogP) is 3.98. The van der Waals surface area contributed by atoms with Crippen molar-refractivity contribution in [1.29, 1.82) is 0 Å². The zero-order valence-electron chi connectivity index (χ0n) is 10.8. The molecule has 96 valence electrons. The second kappa shape index (κ2) is 6.05. The highest BCUT2D eigenvalue weighted by Gasteiger charge is 2.04. The van der Waals surface area contributed by atoms with Gasteiger partial charge in [-0.2, -0.15) is 0 Å². The average molecular weight is 308 g/mol. The second-order valence-corrected chi connectivity index (χ2v) is 5.16. The molecular weight excluding hydrogens is 290 g/mol. The fraction of sp³-hybridized carbons (Fsp3) is 0.357. The van der Waals surface area contributed by atoms with Gasteiger partial charge in [0, 0.05) is 29.1 Å². The first-order chi connectivity index (χ1) is 8.72. The van der Waals surface area contributed by atoms with Gasteiger partial charge in [0.1, 0.15) is 5.82 Å². The van der Waals surface area contributed by atoms with Gasteiger partial charge in [0.25, 0.3) is 0 Å². The molecule has 1 aromatic carbocycles. The maximum absolute atomic E-state index is 4.39. The molecule has 0 aliphatic heterocycles. The number of benzene rings is 1. The van der Waals surface area contributed by atoms with Gasteiger partial charge in [0.15, 0.2) is 0 Å². The van der Waals surface area contributed by atoms with E-state index >= 15 is 0 Å². The Kier molecular flexibility index (Phi) is 4.42. The molecular formula is C14H18BrN3. The number of aryl methyl sites for hydroxylation is 1. The Hall–Kier alpha value is -1.29. The van der Waals surface area contributed by atoms with E-state index in [-0.39, 0.29) is 0 Å². The van der Waals surface area contributed by atoms with E-state index in [2.05, 4.69) is 56.8 Å². The fourth-order valence-electron chi connectivity index (χ4n) is 1.92. The molecule has 0 saturated heterocycles. The van der Waals surface area contributed by atoms with Crippen LogP contribution in [0.3, 0.4) is 0 Å². The number of anilines is 1. The summed E-state index contributed by atoms with van der Waals surface area (Å²) in [6, 6.07) is 6.18. The molecule has 0 aliphatic rings. The van der Waals surface area contributed by atoms with Crippen LogP contribution in [0.25, 0.3) is 0 Å². The molecule has 0 radical (unpaired) electrons. The van der Waals surface area contributed by atoms with Crippen LogP contribution in [-0.4, -0.2) is 9.55 Å². The standard InChI is InChI=1S/C14H18BrN3/c1-3-8-18-9-7-16-14(18)10-17-13-6-4-5-12(15)11(13)2/h4-7,9,17H,3,8,10H2,1-2H3. The monoisotopic (exact) mass is 307 g/mol. The average Bonchev–Trinajstić information content (AvgIpc) is 2.79. The molecule has 1 heterocycles. The molecule has 0 spiro atoms. The van der Waals surface area contributed by atoms with Crippen molar-refractivity contribution in [2.75, 3.05) is 5.32 Å². The maximum Gasteiger partial charge on any atom is 0.128 e. The zero-order chi connectivity index (χ0) is 13.0. The van der Waals surface area contributed by atoms with Crippen molar-refractivity contribution in [3.8, 4) is 0 Å². The number of hydrogen-bond acceptors (Lipinski definition) is 2. The Morgan fingerprint density at radius 3 is 3.00 bits per heavy atom. The molecule has 2 rings (SSSR count). The van der Waals surface area contributed by atoms with Crippen LogP contribution in [0.4, 0.5) is 5.69 Å². The molecule has 0 unspecified atom stereocenters. The molecule has 18 heavy (non-hydrogen) atoms. The summed E-state index contributed by atoms with van der Waals surface area (Å²) in [4.78, 5) is 4.39. The molecule has 0 aliphatic carbocycles. The molecule has 0 saturated carbocycles. The van der Waals surface area contributed by atoms with Crippen molar-refractivity contribution in [1.82, 2.24) is 9.55 Å². The van der Waals surface area contributed by atoms with Crippen molar-refractivity contribution in [3.05, 3.63) is 46.5 Å². The normalized spacial score (nSPS) is 10.6. The van der Waals surface area contributed by atoms with Gasteiger partial charge < -0.3 is 9.88 Å². The molecule has 3 nitrogen and oxygen atoms in total. The third-order valence-corrected chi connectivity index (χ3v) is 3.83. The number of imidazole rings is 1. The van der Waals surface area contributed by atoms with Crippen molar-refractivity contribution in [2.24, 2.45) is 0 Å². The second-order valence-electron chi connectivity index (χ2n) is 4.30. The Morgan fingerprint density at radius 1 is 1.39 bits per heavy atom. The van der Waals surface area contributed by atoms with E-state index in [0.717, 1.165) is 35.5 Å². The number of nitrogens with zero attached hydrogens (tertiary/aromatic N) is 2. The first kappa shape index (κ1) is 13.1. The maximum atomic E-state index is 4.39. The minimum Gasteiger partial charge on any atom is -0.378 e. The first-order valence-electron chi connectivity index (χ1n) is 6.21. The summed E-state index contributed by atoms with van der Waals surface area (Å²) in [5.41, 5.74) is 2.38. The highest BCUT2D eigenvalue weighted by Crippen LogP contribution is 2.23. The van der Waals surface area contributed by atoms with Crippen molar-refractivity contribution in [2.45, 2.75) is 33.4 Å². The van der Waals surface area contributed by atoms with Gasteiger partial charge in [-0.25, -0.2) is 4.98 Å². The molecule has 0 bridgehead atoms. The lowest BCUT2D eigenvalue weighted by atomic mass is 10.2. The Morgan fingerprint density at radius 2 is 2.22 bits per heavy atom. The minimum atomic E-state index is 0.754. The zero-order valence-corrected chi connectivity index (χ0v) is 12.4. The van der Waals surface area contributed by atoms with Crippen LogP contribution >= 0.6 is 15.9 Å². The van der Waals surface area contributed by atoms with Gasteiger partial charge in [-0.15, -0.1) is 0 Å². The largest absolute Gasteiger partial charge is 0.378 e. The van der Waals surface area contributed by atoms with E-state index in [9.17, 15) is 0 Å². The predicted molar refractivity (Wildman–Crippen MR) is 78.7 cm³/mol. The lowest BCUT2D eigenvalue weighted by Crippen LogP contribution is -2.09. The topological polar surface area (TPSA) is 29.9 Å². The summed E-state index contributed by atoms with van der Waals surface area (Å²) in [6.45, 7) is 6.05. The van der Waals surface area contributed by atoms with E-state index < -0.39 is 0 Å². The minimum absolute atomic E-state index is 0.754. The quantitative estimate of drug-likeness (QED) is 0.905. The van der Waals surface area contributed by atoms with Crippen molar-refractivity contribution >= 4 is 21.6 Å². The third kappa shape index (κ3) is 2.93. The Labute approximate surface area is 116 Å². The smallest absolute Gasteiger partial charge is 0.128 e. The molecule has 1 aromatic heterocycles. The summed E-state index contributed by atoms with van der Waals surface area (Å²) in [6.07, 6.45) is 5.02. The van der Waals surface area contributed by atoms with Crippen LogP contribution in [0.1, 0.15) is 24.7 Å². The van der Waals surface area contributed by atoms with Gasteiger partial charge in [0.2, 0.25) is 0 Å². The number of halogens is 1. The Bertz CT molecular complexity index is 520. The number of nitrogens with one attached hydrogen (secondary N) is 1. The molecule has 0 fully saturated rings. The molecule has 0 atom stereocenters. The summed E-state index contributed by atoms with van der Waals surface area (Å²) < 4.78 is 3.32. The third-order valence-electron chi connectivity index (χ3n) is 2.97. The first-order valence-corrected chi connectivity index (χ1v) is 7.00. The van der Waals surface area contributed by atoms with E-state index in [4.69, 9.17) is 0 Å². The summed E-state index contributed by atoms with van der Waals surface area (Å²) in [5, 5.41) is 3.44. The lowest BCUT2D eigenvalue weighted by molar-refractivity contribution is 0.644. The van der Waals surface area contributed by atoms with Crippen LogP contribution in [0.15, 0.2) is 35.1 Å². The van der Waals surface area contributed by atoms with Crippen LogP contribution < -0.4 is 5.32 Å². The van der Waals surface area contributed by atoms with Crippen LogP contribution in [0.5, 0.6) is 0 Å². The summed E-state index contributed by atoms with van der Waals surface area (Å²) in [7, 11) is 0. The van der Waals surface area contributed by atoms with E-state index in [1.165, 1.54) is 5.56 Å². The summed E-state index contributed by atoms with van der Waals surface area (Å²) >= 11 is 3.54. The summed E-state index contributed by atoms with van der Waals surface area (Å²) in [5.74, 6) is 1.08. The number of hydrogen-bond donors (Lipinski definition) is 1. The SMILES string of the molecule is CCCn1ccnc1CNc1cccc(Br)c1C. The molecule has 1 N–H and O–H groups in total. The van der Waals surface area contributed by atoms with Crippen molar-refractivity contribution in [3.63, 3.8) is 0 Å². The van der Waals surface area contributed by atoms with Gasteiger partial charge in [0.05, 0.1) is 6.54 Å². The van der Waals surface area contributed by atoms with Crippen molar-refractivity contribution < 1.29 is 0 Å². The van der Waals surface area contributed by atoms with Gasteiger partial charge >= 0.3 is 0 Å². The Balaban J connectivity index is 2.07. The van der Waals surface area contributed by atoms with Crippen LogP contribution in [0.2, 0.25) is 0 Å².